The highest BCUT2D eigenvalue weighted by molar-refractivity contribution is 9.10. The maximum atomic E-state index is 15.0. The summed E-state index contributed by atoms with van der Waals surface area (Å²) in [4.78, 5) is 17.0. The Balaban J connectivity index is 2.08. The van der Waals surface area contributed by atoms with Crippen LogP contribution in [0, 0.1) is 18.6 Å². The fraction of sp³-hybridized carbons (Fsp3) is 0.143. The number of nitrogens with zero attached hydrogens (tertiary/aromatic N) is 1. The van der Waals surface area contributed by atoms with Crippen molar-refractivity contribution in [2.24, 2.45) is 0 Å². The predicted molar refractivity (Wildman–Crippen MR) is 130 cm³/mol. The average Bonchev–Trinajstić information content (AvgIpc) is 2.76. The summed E-state index contributed by atoms with van der Waals surface area (Å²) in [7, 11) is 15.9. The summed E-state index contributed by atoms with van der Waals surface area (Å²) < 4.78 is 82.1. The Kier molecular flexibility index (Phi) is 8.38. The lowest BCUT2D eigenvalue weighted by Crippen LogP contribution is -2.38. The molecule has 0 aliphatic heterocycles. The van der Waals surface area contributed by atoms with Crippen LogP contribution in [0.15, 0.2) is 41.1 Å². The van der Waals surface area contributed by atoms with E-state index in [0.29, 0.717) is 16.2 Å². The molecular formula is C21H10B3BrClF5N2O4. The van der Waals surface area contributed by atoms with Crippen molar-refractivity contribution >= 4 is 62.7 Å². The van der Waals surface area contributed by atoms with E-state index in [-0.39, 0.29) is 5.69 Å². The van der Waals surface area contributed by atoms with Crippen LogP contribution >= 0.6 is 27.5 Å². The third-order valence-electron chi connectivity index (χ3n) is 4.35. The van der Waals surface area contributed by atoms with E-state index in [1.54, 1.807) is 6.92 Å². The first-order valence-corrected chi connectivity index (χ1v) is 11.0. The lowest BCUT2D eigenvalue weighted by molar-refractivity contribution is -0.275. The van der Waals surface area contributed by atoms with Crippen LogP contribution in [0.25, 0.3) is 0 Å². The number of hydrogen-bond acceptors (Lipinski definition) is 5. The van der Waals surface area contributed by atoms with Gasteiger partial charge < -0.3 is 19.5 Å². The lowest BCUT2D eigenvalue weighted by atomic mass is 9.52. The number of carbonyl (C=O) groups excluding carboxylic acids is 1. The molecule has 186 valence electrons. The van der Waals surface area contributed by atoms with E-state index in [2.05, 4.69) is 31.0 Å². The predicted octanol–water partition coefficient (Wildman–Crippen LogP) is 5.52. The zero-order valence-electron chi connectivity index (χ0n) is 18.4. The molecule has 16 heteroatoms. The monoisotopic (exact) mass is 596 g/mol. The van der Waals surface area contributed by atoms with Crippen molar-refractivity contribution in [3.63, 3.8) is 0 Å². The summed E-state index contributed by atoms with van der Waals surface area (Å²) in [5, 5.41) is -0.593. The Hall–Kier alpha value is -2.93. The Morgan fingerprint density at radius 1 is 1.03 bits per heavy atom. The van der Waals surface area contributed by atoms with Gasteiger partial charge in [0.15, 0.2) is 23.1 Å². The van der Waals surface area contributed by atoms with Gasteiger partial charge >= 0.3 is 6.36 Å². The molecule has 1 N–H and O–H groups in total. The van der Waals surface area contributed by atoms with Crippen molar-refractivity contribution in [1.29, 1.82) is 0 Å². The van der Waals surface area contributed by atoms with Gasteiger partial charge in [-0.05, 0) is 64.0 Å². The number of nitrogens with one attached hydrogen (secondary N) is 1. The summed E-state index contributed by atoms with van der Waals surface area (Å²) >= 11 is 8.98. The summed E-state index contributed by atoms with van der Waals surface area (Å²) in [6, 6.07) is 4.83. The van der Waals surface area contributed by atoms with Crippen LogP contribution in [0.2, 0.25) is 5.02 Å². The second kappa shape index (κ2) is 10.8. The van der Waals surface area contributed by atoms with E-state index in [4.69, 9.17) is 44.6 Å². The number of amides is 1. The molecule has 0 saturated heterocycles. The van der Waals surface area contributed by atoms with Crippen LogP contribution in [0.5, 0.6) is 23.0 Å². The molecule has 0 fully saturated rings. The molecule has 6 nitrogen and oxygen atoms in total. The number of aryl methyl sites for hydroxylation is 1. The topological polar surface area (TPSA) is 69.7 Å². The normalized spacial score (nSPS) is 11.7. The van der Waals surface area contributed by atoms with Crippen molar-refractivity contribution in [3.05, 3.63) is 68.9 Å². The molecule has 0 atom stereocenters. The molecule has 6 radical (unpaired) electrons. The van der Waals surface area contributed by atoms with Gasteiger partial charge in [0.25, 0.3) is 5.91 Å². The minimum absolute atomic E-state index is 0.250. The molecule has 3 aromatic rings. The number of aromatic nitrogens is 1. The van der Waals surface area contributed by atoms with E-state index in [1.165, 1.54) is 12.3 Å². The van der Waals surface area contributed by atoms with E-state index >= 15 is 0 Å². The lowest BCUT2D eigenvalue weighted by Gasteiger charge is -2.26. The summed E-state index contributed by atoms with van der Waals surface area (Å²) in [5.74, 6) is -7.68. The molecule has 2 aromatic carbocycles. The fourth-order valence-electron chi connectivity index (χ4n) is 2.84. The number of alkyl halides is 3. The third kappa shape index (κ3) is 7.32. The minimum atomic E-state index is -5.27. The van der Waals surface area contributed by atoms with E-state index in [1.807, 2.05) is 0 Å². The third-order valence-corrected chi connectivity index (χ3v) is 5.08. The molecule has 1 heterocycles. The van der Waals surface area contributed by atoms with Crippen molar-refractivity contribution in [3.8, 4) is 23.0 Å². The smallest absolute Gasteiger partial charge is 0.510 e. The number of anilines is 1. The molecule has 0 aliphatic rings. The molecular weight excluding hydrogens is 587 g/mol. The van der Waals surface area contributed by atoms with Crippen LogP contribution in [-0.4, -0.2) is 46.1 Å². The number of ether oxygens (including phenoxy) is 3. The van der Waals surface area contributed by atoms with Crippen LogP contribution in [0.1, 0.15) is 15.9 Å². The molecule has 3 rings (SSSR count). The summed E-state index contributed by atoms with van der Waals surface area (Å²) in [6.45, 7) is 1.62. The van der Waals surface area contributed by atoms with E-state index in [9.17, 15) is 26.7 Å². The van der Waals surface area contributed by atoms with Crippen LogP contribution < -0.4 is 19.5 Å². The van der Waals surface area contributed by atoms with Gasteiger partial charge in [0.1, 0.15) is 39.5 Å². The van der Waals surface area contributed by atoms with Crippen molar-refractivity contribution in [1.82, 2.24) is 4.98 Å². The first kappa shape index (κ1) is 28.6. The maximum absolute atomic E-state index is 15.0. The van der Waals surface area contributed by atoms with Gasteiger partial charge in [0.2, 0.25) is 5.82 Å². The molecule has 0 saturated carbocycles. The molecule has 0 spiro atoms. The van der Waals surface area contributed by atoms with Gasteiger partial charge in [-0.15, -0.1) is 13.2 Å². The van der Waals surface area contributed by atoms with Gasteiger partial charge in [-0.3, -0.25) is 4.79 Å². The highest BCUT2D eigenvalue weighted by Gasteiger charge is 2.34. The number of rotatable bonds is 7. The molecule has 0 unspecified atom stereocenters. The van der Waals surface area contributed by atoms with E-state index < -0.39 is 62.8 Å². The van der Waals surface area contributed by atoms with Crippen LogP contribution in [-0.2, 0) is 0 Å². The van der Waals surface area contributed by atoms with Crippen molar-refractivity contribution in [2.45, 2.75) is 18.6 Å². The maximum Gasteiger partial charge on any atom is 0.573 e. The molecule has 37 heavy (non-hydrogen) atoms. The number of benzene rings is 2. The SMILES string of the molecule is [B]C([B])([B])Oc1c(Oc2ccc(Cl)c(F)c2C(=O)Nc2cc(Br)ncc2C)ccc(OC(F)(F)F)c1F. The Morgan fingerprint density at radius 2 is 1.65 bits per heavy atom. The molecule has 0 bridgehead atoms. The van der Waals surface area contributed by atoms with Crippen LogP contribution in [0.3, 0.4) is 0 Å². The Labute approximate surface area is 224 Å². The fourth-order valence-corrected chi connectivity index (χ4v) is 3.33. The number of carbonyl (C=O) groups is 1. The highest BCUT2D eigenvalue weighted by atomic mass is 79.9. The zero-order valence-corrected chi connectivity index (χ0v) is 20.8. The number of halogens is 7. The van der Waals surface area contributed by atoms with Gasteiger partial charge in [0, 0.05) is 11.9 Å². The number of pyridine rings is 1. The Morgan fingerprint density at radius 3 is 2.27 bits per heavy atom. The second-order valence-corrected chi connectivity index (χ2v) is 8.54. The van der Waals surface area contributed by atoms with Gasteiger partial charge in [-0.2, -0.15) is 4.39 Å². The van der Waals surface area contributed by atoms with E-state index in [0.717, 1.165) is 18.2 Å². The standard InChI is InChI=1S/C21H10B3BrClF5N2O4/c1-8-7-32-14(25)6-10(8)33-19(34)15-11(3-2-9(26)16(15)27)35-13-5-4-12(36-21(29,30)31)17(28)18(13)37-20(22,23)24/h2-7H,1H3,(H,32,33,34). The largest absolute Gasteiger partial charge is 0.573 e. The molecule has 0 aliphatic carbocycles. The van der Waals surface area contributed by atoms with Crippen molar-refractivity contribution in [2.75, 3.05) is 5.32 Å². The quantitative estimate of drug-likeness (QED) is 0.221. The van der Waals surface area contributed by atoms with Crippen molar-refractivity contribution < 1.29 is 41.0 Å². The summed E-state index contributed by atoms with van der Waals surface area (Å²) in [5.41, 5.74) is 0.0334. The number of hydrogen-bond donors (Lipinski definition) is 1. The summed E-state index contributed by atoms with van der Waals surface area (Å²) in [6.07, 6.45) is -3.84. The zero-order chi connectivity index (χ0) is 27.7. The first-order valence-electron chi connectivity index (χ1n) is 9.79. The van der Waals surface area contributed by atoms with Crippen LogP contribution in [0.4, 0.5) is 27.6 Å². The second-order valence-electron chi connectivity index (χ2n) is 7.32. The molecule has 1 aromatic heterocycles. The van der Waals surface area contributed by atoms with Gasteiger partial charge in [0.05, 0.1) is 5.02 Å². The first-order chi connectivity index (χ1) is 17.1. The minimum Gasteiger partial charge on any atom is -0.510 e. The van der Waals surface area contributed by atoms with Gasteiger partial charge in [-0.25, -0.2) is 9.37 Å². The Bertz CT molecular complexity index is 1360. The van der Waals surface area contributed by atoms with Gasteiger partial charge in [-0.1, -0.05) is 11.6 Å². The molecule has 1 amide bonds. The average molecular weight is 597 g/mol. The highest BCUT2D eigenvalue weighted by Crippen LogP contribution is 2.42.